The summed E-state index contributed by atoms with van der Waals surface area (Å²) in [5.74, 6) is 1.39. The molecule has 0 amide bonds. The molecule has 0 aromatic heterocycles. The van der Waals surface area contributed by atoms with Crippen molar-refractivity contribution in [3.8, 4) is 0 Å². The molecular formula is C4H12NOS2+. The SMILES string of the molecule is CS(=O)CC([NH3+])CS. The van der Waals surface area contributed by atoms with E-state index in [1.54, 1.807) is 6.26 Å². The average molecular weight is 154 g/mol. The van der Waals surface area contributed by atoms with Gasteiger partial charge in [0.05, 0.1) is 5.75 Å². The minimum Gasteiger partial charge on any atom is -0.354 e. The van der Waals surface area contributed by atoms with Gasteiger partial charge in [0.2, 0.25) is 0 Å². The van der Waals surface area contributed by atoms with Gasteiger partial charge < -0.3 is 5.73 Å². The van der Waals surface area contributed by atoms with Crippen molar-refractivity contribution in [3.05, 3.63) is 0 Å². The molecule has 0 radical (unpaired) electrons. The van der Waals surface area contributed by atoms with Gasteiger partial charge in [-0.1, -0.05) is 0 Å². The molecule has 0 aromatic rings. The first kappa shape index (κ1) is 8.46. The molecule has 0 fully saturated rings. The molecule has 4 heteroatoms. The fourth-order valence-electron chi connectivity index (χ4n) is 0.385. The largest absolute Gasteiger partial charge is 0.354 e. The van der Waals surface area contributed by atoms with Crippen LogP contribution >= 0.6 is 12.6 Å². The summed E-state index contributed by atoms with van der Waals surface area (Å²) >= 11 is 3.99. The highest BCUT2D eigenvalue weighted by molar-refractivity contribution is 7.84. The third kappa shape index (κ3) is 4.61. The highest BCUT2D eigenvalue weighted by Crippen LogP contribution is 1.82. The molecule has 2 nitrogen and oxygen atoms in total. The molecule has 3 N–H and O–H groups in total. The van der Waals surface area contributed by atoms with E-state index in [-0.39, 0.29) is 6.04 Å². The molecule has 0 heterocycles. The van der Waals surface area contributed by atoms with Crippen molar-refractivity contribution in [3.63, 3.8) is 0 Å². The average Bonchev–Trinajstić information content (AvgIpc) is 1.65. The Morgan fingerprint density at radius 2 is 2.38 bits per heavy atom. The van der Waals surface area contributed by atoms with Gasteiger partial charge in [-0.05, 0) is 0 Å². The highest BCUT2D eigenvalue weighted by Gasteiger charge is 2.03. The maximum Gasteiger partial charge on any atom is 0.105 e. The Labute approximate surface area is 57.7 Å². The van der Waals surface area contributed by atoms with Crippen molar-refractivity contribution in [1.82, 2.24) is 0 Å². The van der Waals surface area contributed by atoms with E-state index in [1.165, 1.54) is 0 Å². The maximum atomic E-state index is 10.5. The highest BCUT2D eigenvalue weighted by atomic mass is 32.2. The second-order valence-corrected chi connectivity index (χ2v) is 3.63. The first-order valence-electron chi connectivity index (χ1n) is 2.40. The van der Waals surface area contributed by atoms with E-state index in [4.69, 9.17) is 0 Å². The third-order valence-corrected chi connectivity index (χ3v) is 2.19. The zero-order valence-corrected chi connectivity index (χ0v) is 6.67. The number of rotatable bonds is 3. The molecule has 50 valence electrons. The van der Waals surface area contributed by atoms with Crippen molar-refractivity contribution < 1.29 is 9.94 Å². The van der Waals surface area contributed by atoms with Crippen LogP contribution in [0.1, 0.15) is 0 Å². The summed E-state index contributed by atoms with van der Waals surface area (Å²) in [6.07, 6.45) is 1.68. The lowest BCUT2D eigenvalue weighted by atomic mass is 10.4. The molecule has 0 aliphatic rings. The summed E-state index contributed by atoms with van der Waals surface area (Å²) in [6.45, 7) is 0. The maximum absolute atomic E-state index is 10.5. The van der Waals surface area contributed by atoms with Crippen LogP contribution in [0.2, 0.25) is 0 Å². The molecule has 0 aliphatic heterocycles. The Hall–Kier alpha value is 0.460. The normalized spacial score (nSPS) is 17.9. The number of hydrogen-bond acceptors (Lipinski definition) is 2. The Morgan fingerprint density at radius 3 is 2.50 bits per heavy atom. The standard InChI is InChI=1S/C4H11NOS2/c1-8(6)3-4(5)2-7/h4,7H,2-3,5H2,1H3/p+1. The summed E-state index contributed by atoms with van der Waals surface area (Å²) in [4.78, 5) is 0. The van der Waals surface area contributed by atoms with Gasteiger partial charge in [0.25, 0.3) is 0 Å². The Balaban J connectivity index is 3.24. The quantitative estimate of drug-likeness (QED) is 0.498. The fraction of sp³-hybridized carbons (Fsp3) is 1.00. The van der Waals surface area contributed by atoms with Crippen LogP contribution < -0.4 is 5.73 Å². The third-order valence-electron chi connectivity index (χ3n) is 0.729. The van der Waals surface area contributed by atoms with Crippen LogP contribution in [0.4, 0.5) is 0 Å². The predicted molar refractivity (Wildman–Crippen MR) is 39.5 cm³/mol. The molecule has 0 saturated carbocycles. The van der Waals surface area contributed by atoms with E-state index in [0.29, 0.717) is 5.75 Å². The lowest BCUT2D eigenvalue weighted by Crippen LogP contribution is -2.64. The van der Waals surface area contributed by atoms with Gasteiger partial charge in [0, 0.05) is 22.8 Å². The number of hydrogen-bond donors (Lipinski definition) is 2. The minimum absolute atomic E-state index is 0.240. The topological polar surface area (TPSA) is 44.7 Å². The molecule has 2 unspecified atom stereocenters. The summed E-state index contributed by atoms with van der Waals surface area (Å²) < 4.78 is 10.5. The van der Waals surface area contributed by atoms with E-state index in [9.17, 15) is 4.21 Å². The van der Waals surface area contributed by atoms with Gasteiger partial charge in [-0.25, -0.2) is 0 Å². The molecular weight excluding hydrogens is 142 g/mol. The van der Waals surface area contributed by atoms with Crippen LogP contribution in [0.15, 0.2) is 0 Å². The molecule has 0 bridgehead atoms. The van der Waals surface area contributed by atoms with Crippen molar-refractivity contribution in [2.45, 2.75) is 6.04 Å². The van der Waals surface area contributed by atoms with Gasteiger partial charge in [-0.3, -0.25) is 4.21 Å². The van der Waals surface area contributed by atoms with Gasteiger partial charge in [0.1, 0.15) is 6.04 Å². The first-order chi connectivity index (χ1) is 3.66. The van der Waals surface area contributed by atoms with Crippen molar-refractivity contribution >= 4 is 23.4 Å². The van der Waals surface area contributed by atoms with E-state index in [1.807, 2.05) is 0 Å². The predicted octanol–water partition coefficient (Wildman–Crippen LogP) is -1.09. The van der Waals surface area contributed by atoms with E-state index in [0.717, 1.165) is 5.75 Å². The number of thiol groups is 1. The van der Waals surface area contributed by atoms with E-state index in [2.05, 4.69) is 18.4 Å². The van der Waals surface area contributed by atoms with Crippen LogP contribution in [0.25, 0.3) is 0 Å². The molecule has 8 heavy (non-hydrogen) atoms. The van der Waals surface area contributed by atoms with E-state index < -0.39 is 10.8 Å². The van der Waals surface area contributed by atoms with Gasteiger partial charge in [-0.15, -0.1) is 0 Å². The van der Waals surface area contributed by atoms with Crippen LogP contribution in [-0.4, -0.2) is 28.0 Å². The Kier molecular flexibility index (Phi) is 4.60. The fourth-order valence-corrected chi connectivity index (χ4v) is 1.47. The monoisotopic (exact) mass is 154 g/mol. The number of quaternary nitrogens is 1. The molecule has 0 saturated heterocycles. The van der Waals surface area contributed by atoms with Crippen LogP contribution in [-0.2, 0) is 10.8 Å². The molecule has 0 aromatic carbocycles. The smallest absolute Gasteiger partial charge is 0.105 e. The minimum atomic E-state index is -0.707. The summed E-state index contributed by atoms with van der Waals surface area (Å²) in [6, 6.07) is 0.240. The zero-order valence-electron chi connectivity index (χ0n) is 4.96. The van der Waals surface area contributed by atoms with Crippen LogP contribution in [0.3, 0.4) is 0 Å². The molecule has 2 atom stereocenters. The Bertz CT molecular complexity index is 86.1. The van der Waals surface area contributed by atoms with Gasteiger partial charge >= 0.3 is 0 Å². The van der Waals surface area contributed by atoms with Gasteiger partial charge in [-0.2, -0.15) is 12.6 Å². The lowest BCUT2D eigenvalue weighted by molar-refractivity contribution is -0.404. The van der Waals surface area contributed by atoms with Gasteiger partial charge in [0.15, 0.2) is 0 Å². The lowest BCUT2D eigenvalue weighted by Gasteiger charge is -1.99. The molecule has 0 aliphatic carbocycles. The summed E-state index contributed by atoms with van der Waals surface area (Å²) in [7, 11) is -0.707. The molecule has 0 rings (SSSR count). The van der Waals surface area contributed by atoms with Crippen molar-refractivity contribution in [2.24, 2.45) is 0 Å². The van der Waals surface area contributed by atoms with Crippen LogP contribution in [0, 0.1) is 0 Å². The summed E-state index contributed by atoms with van der Waals surface area (Å²) in [5, 5.41) is 0. The first-order valence-corrected chi connectivity index (χ1v) is 4.76. The second-order valence-electron chi connectivity index (χ2n) is 1.79. The van der Waals surface area contributed by atoms with Crippen molar-refractivity contribution in [1.29, 1.82) is 0 Å². The molecule has 0 spiro atoms. The summed E-state index contributed by atoms with van der Waals surface area (Å²) in [5.41, 5.74) is 3.73. The van der Waals surface area contributed by atoms with Crippen molar-refractivity contribution in [2.75, 3.05) is 17.8 Å². The Morgan fingerprint density at radius 1 is 1.88 bits per heavy atom. The zero-order chi connectivity index (χ0) is 6.57. The van der Waals surface area contributed by atoms with Crippen LogP contribution in [0.5, 0.6) is 0 Å². The second kappa shape index (κ2) is 4.35. The van der Waals surface area contributed by atoms with E-state index >= 15 is 0 Å².